The number of benzene rings is 2. The van der Waals surface area contributed by atoms with Gasteiger partial charge < -0.3 is 5.11 Å². The molecule has 0 saturated carbocycles. The van der Waals surface area contributed by atoms with Crippen LogP contribution < -0.4 is 0 Å². The van der Waals surface area contributed by atoms with Gasteiger partial charge in [-0.3, -0.25) is 19.4 Å². The lowest BCUT2D eigenvalue weighted by atomic mass is 10.1. The monoisotopic (exact) mass is 338 g/mol. The topological polar surface area (TPSA) is 60.9 Å². The molecule has 1 N–H and O–H groups in total. The van der Waals surface area contributed by atoms with E-state index in [0.717, 1.165) is 12.1 Å². The van der Waals surface area contributed by atoms with Crippen molar-refractivity contribution in [3.05, 3.63) is 65.2 Å². The molecule has 2 aromatic carbocycles. The molecule has 0 saturated heterocycles. The Kier molecular flexibility index (Phi) is 4.86. The lowest BCUT2D eigenvalue weighted by Crippen LogP contribution is -2.33. The number of imide groups is 1. The smallest absolute Gasteiger partial charge is 0.261 e. The van der Waals surface area contributed by atoms with E-state index in [1.165, 1.54) is 4.90 Å². The summed E-state index contributed by atoms with van der Waals surface area (Å²) in [5.41, 5.74) is 2.02. The van der Waals surface area contributed by atoms with Crippen LogP contribution in [0.25, 0.3) is 0 Å². The van der Waals surface area contributed by atoms with Crippen molar-refractivity contribution in [2.75, 3.05) is 20.1 Å². The molecule has 1 heterocycles. The molecule has 0 spiro atoms. The molecule has 2 amide bonds. The van der Waals surface area contributed by atoms with Gasteiger partial charge in [0.1, 0.15) is 5.75 Å². The summed E-state index contributed by atoms with van der Waals surface area (Å²) in [5.74, 6) is -0.155. The average Bonchev–Trinajstić information content (AvgIpc) is 2.86. The quantitative estimate of drug-likeness (QED) is 0.822. The first-order valence-corrected chi connectivity index (χ1v) is 8.43. The molecular weight excluding hydrogens is 316 g/mol. The third-order valence-corrected chi connectivity index (χ3v) is 4.78. The molecule has 25 heavy (non-hydrogen) atoms. The zero-order valence-electron chi connectivity index (χ0n) is 14.5. The number of nitrogens with zero attached hydrogens (tertiary/aromatic N) is 2. The van der Waals surface area contributed by atoms with E-state index in [4.69, 9.17) is 0 Å². The van der Waals surface area contributed by atoms with Crippen LogP contribution in [-0.4, -0.2) is 46.9 Å². The van der Waals surface area contributed by atoms with Crippen molar-refractivity contribution in [3.8, 4) is 5.75 Å². The fourth-order valence-corrected chi connectivity index (χ4v) is 3.15. The molecule has 0 fully saturated rings. The Hall–Kier alpha value is -2.66. The number of fused-ring (bicyclic) bond motifs is 1. The van der Waals surface area contributed by atoms with Crippen LogP contribution in [-0.2, 0) is 0 Å². The largest absolute Gasteiger partial charge is 0.508 e. The van der Waals surface area contributed by atoms with Crippen molar-refractivity contribution in [3.63, 3.8) is 0 Å². The number of phenolic OH excluding ortho intramolecular Hbond substituents is 1. The van der Waals surface area contributed by atoms with Gasteiger partial charge in [-0.15, -0.1) is 0 Å². The first-order valence-electron chi connectivity index (χ1n) is 8.43. The van der Waals surface area contributed by atoms with Crippen molar-refractivity contribution >= 4 is 11.8 Å². The van der Waals surface area contributed by atoms with E-state index >= 15 is 0 Å². The van der Waals surface area contributed by atoms with Crippen molar-refractivity contribution in [1.82, 2.24) is 9.80 Å². The standard InChI is InChI=1S/C20H22N2O3/c1-14(15-7-5-8-16(23)13-15)21(2)11-6-12-22-19(24)17-9-3-4-10-18(17)20(22)25/h3-5,7-10,13-14,23H,6,11-12H2,1-2H3. The van der Waals surface area contributed by atoms with E-state index in [0.29, 0.717) is 24.1 Å². The highest BCUT2D eigenvalue weighted by Crippen LogP contribution is 2.24. The molecule has 5 nitrogen and oxygen atoms in total. The van der Waals surface area contributed by atoms with Crippen LogP contribution in [0.15, 0.2) is 48.5 Å². The fourth-order valence-electron chi connectivity index (χ4n) is 3.15. The molecular formula is C20H22N2O3. The summed E-state index contributed by atoms with van der Waals surface area (Å²) in [6.45, 7) is 3.21. The minimum Gasteiger partial charge on any atom is -0.508 e. The Labute approximate surface area is 147 Å². The maximum Gasteiger partial charge on any atom is 0.261 e. The molecule has 0 aromatic heterocycles. The van der Waals surface area contributed by atoms with Crippen LogP contribution in [0.2, 0.25) is 0 Å². The molecule has 1 atom stereocenters. The molecule has 130 valence electrons. The zero-order valence-corrected chi connectivity index (χ0v) is 14.5. The summed E-state index contributed by atoms with van der Waals surface area (Å²) in [5, 5.41) is 9.61. The van der Waals surface area contributed by atoms with E-state index in [2.05, 4.69) is 11.8 Å². The maximum absolute atomic E-state index is 12.3. The normalized spacial score (nSPS) is 14.9. The number of phenols is 1. The number of hydrogen-bond donors (Lipinski definition) is 1. The predicted molar refractivity (Wildman–Crippen MR) is 95.6 cm³/mol. The summed E-state index contributed by atoms with van der Waals surface area (Å²) < 4.78 is 0. The Morgan fingerprint density at radius 1 is 1.04 bits per heavy atom. The van der Waals surface area contributed by atoms with Gasteiger partial charge >= 0.3 is 0 Å². The highest BCUT2D eigenvalue weighted by Gasteiger charge is 2.34. The van der Waals surface area contributed by atoms with E-state index in [-0.39, 0.29) is 23.6 Å². The second-order valence-electron chi connectivity index (χ2n) is 6.41. The van der Waals surface area contributed by atoms with Gasteiger partial charge in [0.25, 0.3) is 11.8 Å². The van der Waals surface area contributed by atoms with Gasteiger partial charge in [0.15, 0.2) is 0 Å². The molecule has 0 aliphatic carbocycles. The molecule has 1 aliphatic heterocycles. The highest BCUT2D eigenvalue weighted by molar-refractivity contribution is 6.21. The minimum absolute atomic E-state index is 0.134. The van der Waals surface area contributed by atoms with Crippen LogP contribution >= 0.6 is 0 Å². The van der Waals surface area contributed by atoms with Gasteiger partial charge in [-0.1, -0.05) is 24.3 Å². The molecule has 2 aromatic rings. The van der Waals surface area contributed by atoms with Crippen molar-refractivity contribution in [1.29, 1.82) is 0 Å². The van der Waals surface area contributed by atoms with Crippen molar-refractivity contribution in [2.24, 2.45) is 0 Å². The number of hydrogen-bond acceptors (Lipinski definition) is 4. The number of rotatable bonds is 6. The summed E-state index contributed by atoms with van der Waals surface area (Å²) in [7, 11) is 2.00. The van der Waals surface area contributed by atoms with Crippen LogP contribution in [0.5, 0.6) is 5.75 Å². The van der Waals surface area contributed by atoms with Crippen molar-refractivity contribution in [2.45, 2.75) is 19.4 Å². The van der Waals surface area contributed by atoms with Gasteiger partial charge in [0.05, 0.1) is 11.1 Å². The van der Waals surface area contributed by atoms with Gasteiger partial charge in [-0.2, -0.15) is 0 Å². The lowest BCUT2D eigenvalue weighted by molar-refractivity contribution is 0.0646. The highest BCUT2D eigenvalue weighted by atomic mass is 16.3. The third kappa shape index (κ3) is 3.42. The van der Waals surface area contributed by atoms with Crippen LogP contribution in [0.4, 0.5) is 0 Å². The van der Waals surface area contributed by atoms with E-state index in [1.54, 1.807) is 36.4 Å². The van der Waals surface area contributed by atoms with Crippen LogP contribution in [0.1, 0.15) is 45.7 Å². The molecule has 1 unspecified atom stereocenters. The summed E-state index contributed by atoms with van der Waals surface area (Å²) in [6.07, 6.45) is 0.700. The second kappa shape index (κ2) is 7.07. The average molecular weight is 338 g/mol. The van der Waals surface area contributed by atoms with E-state index in [1.807, 2.05) is 19.2 Å². The summed E-state index contributed by atoms with van der Waals surface area (Å²) in [4.78, 5) is 28.2. The molecule has 3 rings (SSSR count). The number of aromatic hydroxyl groups is 1. The van der Waals surface area contributed by atoms with Gasteiger partial charge in [0.2, 0.25) is 0 Å². The number of carbonyl (C=O) groups excluding carboxylic acids is 2. The molecule has 0 radical (unpaired) electrons. The summed E-state index contributed by atoms with van der Waals surface area (Å²) >= 11 is 0. The zero-order chi connectivity index (χ0) is 18.0. The Bertz CT molecular complexity index is 768. The minimum atomic E-state index is -0.204. The van der Waals surface area contributed by atoms with E-state index < -0.39 is 0 Å². The summed E-state index contributed by atoms with van der Waals surface area (Å²) in [6, 6.07) is 14.3. The molecule has 0 bridgehead atoms. The Morgan fingerprint density at radius 3 is 2.28 bits per heavy atom. The van der Waals surface area contributed by atoms with Gasteiger partial charge in [-0.05, 0) is 50.2 Å². The number of amides is 2. The van der Waals surface area contributed by atoms with Gasteiger partial charge in [-0.25, -0.2) is 0 Å². The third-order valence-electron chi connectivity index (χ3n) is 4.78. The van der Waals surface area contributed by atoms with Gasteiger partial charge in [0, 0.05) is 19.1 Å². The molecule has 1 aliphatic rings. The maximum atomic E-state index is 12.3. The van der Waals surface area contributed by atoms with Crippen molar-refractivity contribution < 1.29 is 14.7 Å². The SMILES string of the molecule is CC(c1cccc(O)c1)N(C)CCCN1C(=O)c2ccccc2C1=O. The molecule has 5 heteroatoms. The van der Waals surface area contributed by atoms with E-state index in [9.17, 15) is 14.7 Å². The second-order valence-corrected chi connectivity index (χ2v) is 6.41. The fraction of sp³-hybridized carbons (Fsp3) is 0.300. The Morgan fingerprint density at radius 2 is 1.68 bits per heavy atom. The Balaban J connectivity index is 1.56. The van der Waals surface area contributed by atoms with Crippen LogP contribution in [0, 0.1) is 0 Å². The lowest BCUT2D eigenvalue weighted by Gasteiger charge is -2.26. The predicted octanol–water partition coefficient (Wildman–Crippen LogP) is 3.07. The van der Waals surface area contributed by atoms with Crippen LogP contribution in [0.3, 0.4) is 0 Å². The first kappa shape index (κ1) is 17.2. The number of carbonyl (C=O) groups is 2. The first-order chi connectivity index (χ1) is 12.0.